The Morgan fingerprint density at radius 3 is 2.10 bits per heavy atom. The van der Waals surface area contributed by atoms with Crippen molar-refractivity contribution in [2.45, 2.75) is 77.5 Å². The zero-order chi connectivity index (χ0) is 42.0. The second-order valence-corrected chi connectivity index (χ2v) is 16.1. The summed E-state index contributed by atoms with van der Waals surface area (Å²) >= 11 is 0. The first-order chi connectivity index (χ1) is 28.4. The molecule has 5 amide bonds. The van der Waals surface area contributed by atoms with Gasteiger partial charge in [-0.2, -0.15) is 0 Å². The van der Waals surface area contributed by atoms with Crippen molar-refractivity contribution in [2.75, 3.05) is 33.9 Å². The summed E-state index contributed by atoms with van der Waals surface area (Å²) < 4.78 is 9.50. The standard InChI is InChI=1S/C44H52N8O7/c1-24(2)36(49-43(56)58-5)41(54)51-17-7-9-31(51)23-46-40(53)30-20-29-12-11-27(21-34(29)45-22-30)26-13-15-32-28(19-26)14-16-33-38(32)48-39(47-33)35-10-8-18-52(35)42(55)37(25(3)4)50-44(57)59-6/h11-16,19-22,24-25,31,35-37H,7-10,17-18,23H2,1-6H3,(H,46,53)(H,47,48)(H,49,56)(H,50,57). The minimum Gasteiger partial charge on any atom is -0.453 e. The lowest BCUT2D eigenvalue weighted by Gasteiger charge is -2.30. The SMILES string of the molecule is COC(=O)NC(C(=O)N1CCCC1CNC(=O)c1cnc2cc(-c3ccc4c(ccc5[nH]c(C6CCCN6C(=O)C(NC(=O)OC)C(C)C)nc54)c3)ccc2c1)C(C)C. The number of amides is 5. The van der Waals surface area contributed by atoms with Crippen LogP contribution < -0.4 is 16.0 Å². The Kier molecular flexibility index (Phi) is 12.0. The van der Waals surface area contributed by atoms with E-state index in [0.717, 1.165) is 75.3 Å². The lowest BCUT2D eigenvalue weighted by molar-refractivity contribution is -0.136. The van der Waals surface area contributed by atoms with Crippen molar-refractivity contribution >= 4 is 62.6 Å². The number of aromatic nitrogens is 3. The molecule has 15 heteroatoms. The number of hydrogen-bond acceptors (Lipinski definition) is 9. The topological polar surface area (TPSA) is 188 Å². The number of pyridine rings is 1. The molecule has 2 fully saturated rings. The third kappa shape index (κ3) is 8.50. The molecule has 4 heterocycles. The highest BCUT2D eigenvalue weighted by Crippen LogP contribution is 2.35. The van der Waals surface area contributed by atoms with E-state index in [2.05, 4.69) is 50.2 Å². The monoisotopic (exact) mass is 804 g/mol. The Labute approximate surface area is 342 Å². The number of aromatic amines is 1. The van der Waals surface area contributed by atoms with Crippen molar-refractivity contribution in [3.8, 4) is 11.1 Å². The van der Waals surface area contributed by atoms with Crippen LogP contribution in [0.15, 0.2) is 60.8 Å². The molecule has 310 valence electrons. The van der Waals surface area contributed by atoms with Crippen LogP contribution in [0.25, 0.3) is 43.8 Å². The number of nitrogens with one attached hydrogen (secondary N) is 4. The van der Waals surface area contributed by atoms with Crippen LogP contribution in [-0.4, -0.2) is 107 Å². The van der Waals surface area contributed by atoms with E-state index in [0.29, 0.717) is 18.7 Å². The number of rotatable bonds is 11. The lowest BCUT2D eigenvalue weighted by atomic mass is 9.99. The third-order valence-corrected chi connectivity index (χ3v) is 11.6. The number of likely N-dealkylation sites (tertiary alicyclic amines) is 2. The minimum atomic E-state index is -0.722. The first kappa shape index (κ1) is 40.9. The summed E-state index contributed by atoms with van der Waals surface area (Å²) in [6, 6.07) is 16.2. The van der Waals surface area contributed by atoms with Crippen molar-refractivity contribution in [2.24, 2.45) is 11.8 Å². The normalized spacial score (nSPS) is 17.8. The average Bonchev–Trinajstić information content (AvgIpc) is 4.02. The quantitative estimate of drug-likeness (QED) is 0.123. The van der Waals surface area contributed by atoms with Gasteiger partial charge in [-0.1, -0.05) is 58.0 Å². The molecule has 2 saturated heterocycles. The number of imidazole rings is 1. The Morgan fingerprint density at radius 1 is 0.780 bits per heavy atom. The van der Waals surface area contributed by atoms with Crippen LogP contribution in [0.2, 0.25) is 0 Å². The Bertz CT molecular complexity index is 2410. The number of hydrogen-bond donors (Lipinski definition) is 4. The van der Waals surface area contributed by atoms with Gasteiger partial charge in [0.1, 0.15) is 17.9 Å². The van der Waals surface area contributed by atoms with Crippen LogP contribution in [0, 0.1) is 11.8 Å². The van der Waals surface area contributed by atoms with E-state index in [1.54, 1.807) is 11.1 Å². The molecular formula is C44H52N8O7. The number of carbonyl (C=O) groups excluding carboxylic acids is 5. The second kappa shape index (κ2) is 17.3. The predicted molar refractivity (Wildman–Crippen MR) is 223 cm³/mol. The van der Waals surface area contributed by atoms with E-state index in [1.165, 1.54) is 14.2 Å². The molecular weight excluding hydrogens is 753 g/mol. The molecule has 7 rings (SSSR count). The van der Waals surface area contributed by atoms with E-state index >= 15 is 0 Å². The smallest absolute Gasteiger partial charge is 0.407 e. The van der Waals surface area contributed by atoms with E-state index < -0.39 is 24.3 Å². The molecule has 4 N–H and O–H groups in total. The number of alkyl carbamates (subject to hydrolysis) is 2. The summed E-state index contributed by atoms with van der Waals surface area (Å²) in [5, 5.41) is 11.2. The first-order valence-corrected chi connectivity index (χ1v) is 20.3. The highest BCUT2D eigenvalue weighted by Gasteiger charge is 2.38. The van der Waals surface area contributed by atoms with Crippen LogP contribution in [0.1, 0.15) is 75.6 Å². The van der Waals surface area contributed by atoms with Gasteiger partial charge in [0.25, 0.3) is 5.91 Å². The van der Waals surface area contributed by atoms with Gasteiger partial charge in [-0.05, 0) is 78.3 Å². The van der Waals surface area contributed by atoms with Crippen LogP contribution in [0.5, 0.6) is 0 Å². The van der Waals surface area contributed by atoms with Crippen molar-refractivity contribution < 1.29 is 33.4 Å². The van der Waals surface area contributed by atoms with Gasteiger partial charge in [0, 0.05) is 42.6 Å². The van der Waals surface area contributed by atoms with Gasteiger partial charge < -0.3 is 40.2 Å². The fourth-order valence-corrected chi connectivity index (χ4v) is 8.31. The van der Waals surface area contributed by atoms with Gasteiger partial charge in [0.15, 0.2) is 0 Å². The second-order valence-electron chi connectivity index (χ2n) is 16.1. The van der Waals surface area contributed by atoms with Crippen molar-refractivity contribution in [1.82, 2.24) is 40.7 Å². The minimum absolute atomic E-state index is 0.123. The Hall–Kier alpha value is -6.25. The molecule has 2 aliphatic heterocycles. The van der Waals surface area contributed by atoms with E-state index in [4.69, 9.17) is 14.5 Å². The highest BCUT2D eigenvalue weighted by molar-refractivity contribution is 6.06. The van der Waals surface area contributed by atoms with Crippen LogP contribution in [-0.2, 0) is 19.1 Å². The van der Waals surface area contributed by atoms with Gasteiger partial charge in [0.2, 0.25) is 11.8 Å². The van der Waals surface area contributed by atoms with Crippen LogP contribution in [0.3, 0.4) is 0 Å². The summed E-state index contributed by atoms with van der Waals surface area (Å²) in [4.78, 5) is 81.0. The molecule has 3 aromatic carbocycles. The van der Waals surface area contributed by atoms with Crippen LogP contribution >= 0.6 is 0 Å². The number of nitrogens with zero attached hydrogens (tertiary/aromatic N) is 4. The highest BCUT2D eigenvalue weighted by atomic mass is 16.5. The number of benzene rings is 3. The molecule has 0 radical (unpaired) electrons. The summed E-state index contributed by atoms with van der Waals surface area (Å²) in [5.74, 6) is -0.154. The summed E-state index contributed by atoms with van der Waals surface area (Å²) in [6.07, 6.45) is 3.42. The molecule has 2 aliphatic rings. The molecule has 0 aliphatic carbocycles. The number of carbonyl (C=O) groups is 5. The molecule has 0 saturated carbocycles. The fraction of sp³-hybridized carbons (Fsp3) is 0.432. The maximum atomic E-state index is 13.7. The third-order valence-electron chi connectivity index (χ3n) is 11.6. The number of methoxy groups -OCH3 is 2. The molecule has 4 unspecified atom stereocenters. The predicted octanol–water partition coefficient (Wildman–Crippen LogP) is 6.08. The zero-order valence-electron chi connectivity index (χ0n) is 34.3. The van der Waals surface area contributed by atoms with Crippen molar-refractivity contribution in [3.05, 3.63) is 72.2 Å². The molecule has 59 heavy (non-hydrogen) atoms. The van der Waals surface area contributed by atoms with Crippen molar-refractivity contribution in [1.29, 1.82) is 0 Å². The van der Waals surface area contributed by atoms with Gasteiger partial charge in [-0.15, -0.1) is 0 Å². The van der Waals surface area contributed by atoms with E-state index in [1.807, 2.05) is 62.9 Å². The molecule has 0 spiro atoms. The zero-order valence-corrected chi connectivity index (χ0v) is 34.3. The summed E-state index contributed by atoms with van der Waals surface area (Å²) in [5.41, 5.74) is 4.84. The largest absolute Gasteiger partial charge is 0.453 e. The van der Waals surface area contributed by atoms with Crippen molar-refractivity contribution in [3.63, 3.8) is 0 Å². The molecule has 0 bridgehead atoms. The molecule has 2 aromatic heterocycles. The average molecular weight is 805 g/mol. The number of H-pyrrole nitrogens is 1. The van der Waals surface area contributed by atoms with E-state index in [9.17, 15) is 24.0 Å². The first-order valence-electron chi connectivity index (χ1n) is 20.3. The molecule has 15 nitrogen and oxygen atoms in total. The maximum absolute atomic E-state index is 13.7. The fourth-order valence-electron chi connectivity index (χ4n) is 8.31. The van der Waals surface area contributed by atoms with Gasteiger partial charge in [-0.3, -0.25) is 19.4 Å². The maximum Gasteiger partial charge on any atom is 0.407 e. The number of ether oxygens (including phenoxy) is 2. The van der Waals surface area contributed by atoms with Gasteiger partial charge in [0.05, 0.1) is 42.4 Å². The Morgan fingerprint density at radius 2 is 1.41 bits per heavy atom. The van der Waals surface area contributed by atoms with Crippen LogP contribution in [0.4, 0.5) is 9.59 Å². The Balaban J connectivity index is 1.04. The van der Waals surface area contributed by atoms with Gasteiger partial charge in [-0.25, -0.2) is 14.6 Å². The molecule has 5 aromatic rings. The molecule has 4 atom stereocenters. The van der Waals surface area contributed by atoms with E-state index in [-0.39, 0.29) is 48.2 Å². The lowest BCUT2D eigenvalue weighted by Crippen LogP contribution is -2.54. The number of fused-ring (bicyclic) bond motifs is 4. The summed E-state index contributed by atoms with van der Waals surface area (Å²) in [7, 11) is 2.55. The summed E-state index contributed by atoms with van der Waals surface area (Å²) in [6.45, 7) is 8.94. The van der Waals surface area contributed by atoms with Gasteiger partial charge >= 0.3 is 12.2 Å².